The molecular formula is C6H12N2O3. The van der Waals surface area contributed by atoms with Crippen molar-refractivity contribution in [3.05, 3.63) is 0 Å². The Bertz CT molecular complexity index is 147. The van der Waals surface area contributed by atoms with Crippen molar-refractivity contribution in [1.29, 1.82) is 0 Å². The maximum absolute atomic E-state index is 10.8. The lowest BCUT2D eigenvalue weighted by Gasteiger charge is -2.12. The van der Waals surface area contributed by atoms with E-state index in [1.54, 1.807) is 0 Å². The standard InChI is InChI=1S/C6H12N2O3/c1-4(10)5(7)6(11)8-2-3-9/h3-5,10H,2,7H2,1H3,(H,8,11)/t4-,5-/m0/s1. The molecule has 0 radical (unpaired) electrons. The Labute approximate surface area is 64.6 Å². The SMILES string of the molecule is C[C@H](O)[C@H](N)C(=O)NCC=O. The maximum Gasteiger partial charge on any atom is 0.239 e. The maximum atomic E-state index is 10.8. The third-order valence-corrected chi connectivity index (χ3v) is 1.18. The van der Waals surface area contributed by atoms with Gasteiger partial charge < -0.3 is 21.0 Å². The van der Waals surface area contributed by atoms with Crippen molar-refractivity contribution in [1.82, 2.24) is 5.32 Å². The van der Waals surface area contributed by atoms with E-state index in [1.165, 1.54) is 6.92 Å². The zero-order valence-corrected chi connectivity index (χ0v) is 6.28. The fraction of sp³-hybridized carbons (Fsp3) is 0.667. The van der Waals surface area contributed by atoms with Crippen LogP contribution in [0, 0.1) is 0 Å². The van der Waals surface area contributed by atoms with Crippen LogP contribution in [0.1, 0.15) is 6.92 Å². The summed E-state index contributed by atoms with van der Waals surface area (Å²) in [5.74, 6) is -0.521. The van der Waals surface area contributed by atoms with Crippen molar-refractivity contribution in [3.8, 4) is 0 Å². The molecule has 0 heterocycles. The molecule has 2 atom stereocenters. The van der Waals surface area contributed by atoms with E-state index in [0.717, 1.165) is 0 Å². The zero-order valence-electron chi connectivity index (χ0n) is 6.28. The lowest BCUT2D eigenvalue weighted by molar-refractivity contribution is -0.125. The summed E-state index contributed by atoms with van der Waals surface area (Å²) in [4.78, 5) is 20.6. The van der Waals surface area contributed by atoms with Gasteiger partial charge in [-0.1, -0.05) is 0 Å². The van der Waals surface area contributed by atoms with Gasteiger partial charge in [-0.2, -0.15) is 0 Å². The van der Waals surface area contributed by atoms with Crippen molar-refractivity contribution in [2.24, 2.45) is 5.73 Å². The quantitative estimate of drug-likeness (QED) is 0.415. The molecule has 0 unspecified atom stereocenters. The molecule has 0 fully saturated rings. The van der Waals surface area contributed by atoms with Gasteiger partial charge in [-0.25, -0.2) is 0 Å². The Morgan fingerprint density at radius 1 is 1.82 bits per heavy atom. The normalized spacial score (nSPS) is 15.2. The Morgan fingerprint density at radius 3 is 2.73 bits per heavy atom. The van der Waals surface area contributed by atoms with E-state index in [9.17, 15) is 9.59 Å². The zero-order chi connectivity index (χ0) is 8.85. The largest absolute Gasteiger partial charge is 0.391 e. The van der Waals surface area contributed by atoms with E-state index in [1.807, 2.05) is 0 Å². The number of aldehydes is 1. The average Bonchev–Trinajstić information content (AvgIpc) is 1.98. The van der Waals surface area contributed by atoms with Gasteiger partial charge in [-0.3, -0.25) is 4.79 Å². The summed E-state index contributed by atoms with van der Waals surface area (Å²) >= 11 is 0. The van der Waals surface area contributed by atoms with Crippen LogP contribution in [0.4, 0.5) is 0 Å². The van der Waals surface area contributed by atoms with Gasteiger partial charge in [0.1, 0.15) is 12.3 Å². The van der Waals surface area contributed by atoms with Crippen molar-refractivity contribution < 1.29 is 14.7 Å². The molecule has 0 aromatic carbocycles. The molecule has 0 aliphatic heterocycles. The van der Waals surface area contributed by atoms with E-state index in [4.69, 9.17) is 10.8 Å². The van der Waals surface area contributed by atoms with Crippen LogP contribution in [0.25, 0.3) is 0 Å². The number of aliphatic hydroxyl groups excluding tert-OH is 1. The van der Waals surface area contributed by atoms with Crippen LogP contribution in [-0.4, -0.2) is 36.0 Å². The van der Waals surface area contributed by atoms with Crippen LogP contribution in [0.3, 0.4) is 0 Å². The molecule has 0 spiro atoms. The first-order valence-corrected chi connectivity index (χ1v) is 3.24. The third-order valence-electron chi connectivity index (χ3n) is 1.18. The number of hydrogen-bond donors (Lipinski definition) is 3. The topological polar surface area (TPSA) is 92.4 Å². The second-order valence-electron chi connectivity index (χ2n) is 2.18. The van der Waals surface area contributed by atoms with Gasteiger partial charge in [0.15, 0.2) is 0 Å². The lowest BCUT2D eigenvalue weighted by atomic mass is 10.2. The van der Waals surface area contributed by atoms with E-state index in [-0.39, 0.29) is 6.54 Å². The Balaban J connectivity index is 3.73. The number of carbonyl (C=O) groups excluding carboxylic acids is 2. The molecule has 0 bridgehead atoms. The molecule has 11 heavy (non-hydrogen) atoms. The van der Waals surface area contributed by atoms with Crippen LogP contribution in [0.2, 0.25) is 0 Å². The summed E-state index contributed by atoms with van der Waals surface area (Å²) < 4.78 is 0. The third kappa shape index (κ3) is 3.69. The summed E-state index contributed by atoms with van der Waals surface area (Å²) in [7, 11) is 0. The first kappa shape index (κ1) is 10.1. The molecule has 5 heteroatoms. The number of rotatable bonds is 4. The summed E-state index contributed by atoms with van der Waals surface area (Å²) in [6, 6.07) is -0.963. The number of nitrogens with two attached hydrogens (primary N) is 1. The minimum absolute atomic E-state index is 0.0702. The fourth-order valence-corrected chi connectivity index (χ4v) is 0.479. The number of nitrogens with one attached hydrogen (secondary N) is 1. The van der Waals surface area contributed by atoms with Crippen molar-refractivity contribution in [2.45, 2.75) is 19.1 Å². The number of hydrogen-bond acceptors (Lipinski definition) is 4. The second kappa shape index (κ2) is 4.81. The predicted octanol–water partition coefficient (Wildman–Crippen LogP) is -1.99. The summed E-state index contributed by atoms with van der Waals surface area (Å²) in [6.07, 6.45) is -0.353. The molecule has 0 saturated heterocycles. The van der Waals surface area contributed by atoms with Gasteiger partial charge in [0.25, 0.3) is 0 Å². The Morgan fingerprint density at radius 2 is 2.36 bits per heavy atom. The predicted molar refractivity (Wildman–Crippen MR) is 38.7 cm³/mol. The van der Waals surface area contributed by atoms with Crippen LogP contribution >= 0.6 is 0 Å². The Hall–Kier alpha value is -0.940. The Kier molecular flexibility index (Phi) is 4.40. The van der Waals surface area contributed by atoms with Gasteiger partial charge in [-0.05, 0) is 6.92 Å². The first-order chi connectivity index (χ1) is 5.09. The van der Waals surface area contributed by atoms with Crippen molar-refractivity contribution in [3.63, 3.8) is 0 Å². The van der Waals surface area contributed by atoms with Crippen molar-refractivity contribution >= 4 is 12.2 Å². The highest BCUT2D eigenvalue weighted by atomic mass is 16.3. The second-order valence-corrected chi connectivity index (χ2v) is 2.18. The molecule has 0 aliphatic rings. The number of aliphatic hydroxyl groups is 1. The van der Waals surface area contributed by atoms with E-state index in [2.05, 4.69) is 5.32 Å². The lowest BCUT2D eigenvalue weighted by Crippen LogP contribution is -2.47. The molecular weight excluding hydrogens is 148 g/mol. The van der Waals surface area contributed by atoms with Gasteiger partial charge >= 0.3 is 0 Å². The monoisotopic (exact) mass is 160 g/mol. The van der Waals surface area contributed by atoms with Crippen LogP contribution in [-0.2, 0) is 9.59 Å². The van der Waals surface area contributed by atoms with Crippen LogP contribution < -0.4 is 11.1 Å². The number of carbonyl (C=O) groups is 2. The first-order valence-electron chi connectivity index (χ1n) is 3.24. The highest BCUT2D eigenvalue weighted by Gasteiger charge is 2.17. The van der Waals surface area contributed by atoms with E-state index < -0.39 is 18.1 Å². The average molecular weight is 160 g/mol. The van der Waals surface area contributed by atoms with Crippen molar-refractivity contribution in [2.75, 3.05) is 6.54 Å². The molecule has 4 N–H and O–H groups in total. The van der Waals surface area contributed by atoms with Crippen LogP contribution in [0.5, 0.6) is 0 Å². The highest BCUT2D eigenvalue weighted by molar-refractivity contribution is 5.83. The van der Waals surface area contributed by atoms with Gasteiger partial charge in [-0.15, -0.1) is 0 Å². The molecule has 1 amide bonds. The molecule has 0 aromatic heterocycles. The molecule has 64 valence electrons. The van der Waals surface area contributed by atoms with Gasteiger partial charge in [0.05, 0.1) is 12.6 Å². The minimum atomic E-state index is -0.963. The molecule has 0 saturated carbocycles. The smallest absolute Gasteiger partial charge is 0.239 e. The molecule has 0 aromatic rings. The summed E-state index contributed by atoms with van der Waals surface area (Å²) in [5, 5.41) is 11.0. The van der Waals surface area contributed by atoms with Crippen LogP contribution in [0.15, 0.2) is 0 Å². The molecule has 5 nitrogen and oxygen atoms in total. The van der Waals surface area contributed by atoms with E-state index >= 15 is 0 Å². The number of amides is 1. The van der Waals surface area contributed by atoms with E-state index in [0.29, 0.717) is 6.29 Å². The highest BCUT2D eigenvalue weighted by Crippen LogP contribution is 1.86. The summed E-state index contributed by atoms with van der Waals surface area (Å²) in [5.41, 5.74) is 5.22. The van der Waals surface area contributed by atoms with Gasteiger partial charge in [0, 0.05) is 0 Å². The van der Waals surface area contributed by atoms with Gasteiger partial charge in [0.2, 0.25) is 5.91 Å². The summed E-state index contributed by atoms with van der Waals surface area (Å²) in [6.45, 7) is 1.34. The molecule has 0 aliphatic carbocycles. The fourth-order valence-electron chi connectivity index (χ4n) is 0.479. The minimum Gasteiger partial charge on any atom is -0.391 e. The molecule has 0 rings (SSSR count).